The highest BCUT2D eigenvalue weighted by molar-refractivity contribution is 5.98. The standard InChI is InChI=1S/C25H23F6N7O3/c26-7-9-33-23-34-12-15(18(39)13-41-19-4-8-32-22(35-19)25(29,30)31)20(36-23)14-5-10-38(11-6-14)24(40)37-21-16(27)2-1-3-17(21)28/h1-4,8,12,14H,5-7,9-11,13H2,(H,37,40)(H,33,34,36). The molecule has 2 amide bonds. The molecular weight excluding hydrogens is 560 g/mol. The van der Waals surface area contributed by atoms with Gasteiger partial charge in [-0.25, -0.2) is 32.9 Å². The Bertz CT molecular complexity index is 1380. The number of hydrogen-bond acceptors (Lipinski definition) is 8. The molecule has 16 heteroatoms. The molecule has 1 aromatic carbocycles. The first-order chi connectivity index (χ1) is 19.6. The SMILES string of the molecule is O=C(COc1ccnc(C(F)(F)F)n1)c1cnc(NCCF)nc1C1CCN(C(=O)Nc2c(F)cccc2F)CC1. The number of benzene rings is 1. The van der Waals surface area contributed by atoms with Gasteiger partial charge >= 0.3 is 12.2 Å². The number of alkyl halides is 4. The molecule has 1 saturated heterocycles. The van der Waals surface area contributed by atoms with Crippen LogP contribution in [-0.2, 0) is 6.18 Å². The molecule has 0 spiro atoms. The third-order valence-electron chi connectivity index (χ3n) is 6.09. The average Bonchev–Trinajstić information content (AvgIpc) is 2.96. The van der Waals surface area contributed by atoms with E-state index in [9.17, 15) is 35.9 Å². The predicted molar refractivity (Wildman–Crippen MR) is 132 cm³/mol. The van der Waals surface area contributed by atoms with E-state index in [0.29, 0.717) is 12.8 Å². The molecule has 218 valence electrons. The van der Waals surface area contributed by atoms with Crippen molar-refractivity contribution in [3.8, 4) is 5.88 Å². The lowest BCUT2D eigenvalue weighted by molar-refractivity contribution is -0.145. The van der Waals surface area contributed by atoms with Gasteiger partial charge < -0.3 is 20.3 Å². The fourth-order valence-corrected chi connectivity index (χ4v) is 4.10. The second-order valence-corrected chi connectivity index (χ2v) is 8.82. The van der Waals surface area contributed by atoms with Crippen LogP contribution >= 0.6 is 0 Å². The summed E-state index contributed by atoms with van der Waals surface area (Å²) in [5.41, 5.74) is -0.274. The molecule has 0 aliphatic carbocycles. The first-order valence-corrected chi connectivity index (χ1v) is 12.3. The van der Waals surface area contributed by atoms with Gasteiger partial charge in [-0.1, -0.05) is 6.07 Å². The first kappa shape index (κ1) is 29.5. The maximum atomic E-state index is 13.9. The number of para-hydroxylation sites is 1. The maximum absolute atomic E-state index is 13.9. The van der Waals surface area contributed by atoms with Crippen molar-refractivity contribution < 1.29 is 40.7 Å². The number of carbonyl (C=O) groups excluding carboxylic acids is 2. The molecule has 3 heterocycles. The summed E-state index contributed by atoms with van der Waals surface area (Å²) in [6.45, 7) is -1.18. The number of ketones is 1. The number of piperidine rings is 1. The van der Waals surface area contributed by atoms with Gasteiger partial charge in [-0.3, -0.25) is 4.79 Å². The third-order valence-corrected chi connectivity index (χ3v) is 6.09. The number of carbonyl (C=O) groups is 2. The number of hydrogen-bond donors (Lipinski definition) is 2. The molecule has 2 N–H and O–H groups in total. The Morgan fingerprint density at radius 3 is 2.41 bits per heavy atom. The van der Waals surface area contributed by atoms with Gasteiger partial charge in [0, 0.05) is 44.0 Å². The normalized spacial score (nSPS) is 14.0. The number of Topliss-reactive ketones (excluding diaryl/α,β-unsaturated/α-hetero) is 1. The van der Waals surface area contributed by atoms with E-state index in [1.54, 1.807) is 0 Å². The molecule has 3 aromatic rings. The van der Waals surface area contributed by atoms with Crippen molar-refractivity contribution in [1.82, 2.24) is 24.8 Å². The van der Waals surface area contributed by atoms with E-state index in [0.717, 1.165) is 24.4 Å². The quantitative estimate of drug-likeness (QED) is 0.277. The molecule has 0 radical (unpaired) electrons. The minimum atomic E-state index is -4.80. The molecule has 0 atom stereocenters. The van der Waals surface area contributed by atoms with E-state index in [1.807, 2.05) is 0 Å². The number of halogens is 6. The van der Waals surface area contributed by atoms with Crippen LogP contribution < -0.4 is 15.4 Å². The van der Waals surface area contributed by atoms with Gasteiger partial charge in [0.2, 0.25) is 23.4 Å². The number of amides is 2. The van der Waals surface area contributed by atoms with Gasteiger partial charge in [0.15, 0.2) is 6.61 Å². The third kappa shape index (κ3) is 7.37. The minimum Gasteiger partial charge on any atom is -0.469 e. The van der Waals surface area contributed by atoms with Crippen molar-refractivity contribution in [3.63, 3.8) is 0 Å². The molecule has 1 aliphatic heterocycles. The number of nitrogens with zero attached hydrogens (tertiary/aromatic N) is 5. The summed E-state index contributed by atoms with van der Waals surface area (Å²) in [6.07, 6.45) is -2.15. The zero-order chi connectivity index (χ0) is 29.6. The van der Waals surface area contributed by atoms with E-state index in [2.05, 4.69) is 30.6 Å². The summed E-state index contributed by atoms with van der Waals surface area (Å²) >= 11 is 0. The van der Waals surface area contributed by atoms with Gasteiger partial charge in [-0.05, 0) is 25.0 Å². The molecule has 41 heavy (non-hydrogen) atoms. The van der Waals surface area contributed by atoms with E-state index in [1.165, 1.54) is 17.2 Å². The fraction of sp³-hybridized carbons (Fsp3) is 0.360. The van der Waals surface area contributed by atoms with Gasteiger partial charge in [0.05, 0.1) is 11.3 Å². The van der Waals surface area contributed by atoms with Crippen molar-refractivity contribution in [2.75, 3.05) is 43.5 Å². The average molecular weight is 583 g/mol. The number of urea groups is 1. The van der Waals surface area contributed by atoms with Crippen LogP contribution in [0.5, 0.6) is 5.88 Å². The first-order valence-electron chi connectivity index (χ1n) is 12.3. The Labute approximate surface area is 229 Å². The smallest absolute Gasteiger partial charge is 0.451 e. The fourth-order valence-electron chi connectivity index (χ4n) is 4.10. The molecule has 0 saturated carbocycles. The zero-order valence-corrected chi connectivity index (χ0v) is 21.2. The maximum Gasteiger partial charge on any atom is 0.451 e. The van der Waals surface area contributed by atoms with Crippen LogP contribution in [0.2, 0.25) is 0 Å². The number of anilines is 2. The van der Waals surface area contributed by atoms with Crippen LogP contribution in [-0.4, -0.2) is 69.6 Å². The highest BCUT2D eigenvalue weighted by Gasteiger charge is 2.35. The van der Waals surface area contributed by atoms with Crippen molar-refractivity contribution >= 4 is 23.5 Å². The van der Waals surface area contributed by atoms with Crippen molar-refractivity contribution in [1.29, 1.82) is 0 Å². The zero-order valence-electron chi connectivity index (χ0n) is 21.2. The summed E-state index contributed by atoms with van der Waals surface area (Å²) in [4.78, 5) is 41.8. The number of ether oxygens (including phenoxy) is 1. The van der Waals surface area contributed by atoms with Crippen molar-refractivity contribution in [2.24, 2.45) is 0 Å². The van der Waals surface area contributed by atoms with Crippen LogP contribution in [0.3, 0.4) is 0 Å². The summed E-state index contributed by atoms with van der Waals surface area (Å²) in [5, 5.41) is 4.90. The van der Waals surface area contributed by atoms with Crippen LogP contribution in [0.1, 0.15) is 40.6 Å². The summed E-state index contributed by atoms with van der Waals surface area (Å²) in [7, 11) is 0. The highest BCUT2D eigenvalue weighted by Crippen LogP contribution is 2.31. The van der Waals surface area contributed by atoms with E-state index >= 15 is 0 Å². The Kier molecular flexibility index (Phi) is 9.19. The van der Waals surface area contributed by atoms with Crippen LogP contribution in [0.15, 0.2) is 36.7 Å². The Hall–Kier alpha value is -4.50. The van der Waals surface area contributed by atoms with E-state index < -0.39 is 60.3 Å². The van der Waals surface area contributed by atoms with Crippen molar-refractivity contribution in [3.05, 3.63) is 65.4 Å². The summed E-state index contributed by atoms with van der Waals surface area (Å²) in [5.74, 6) is -4.73. The lowest BCUT2D eigenvalue weighted by atomic mass is 9.90. The van der Waals surface area contributed by atoms with E-state index in [4.69, 9.17) is 4.74 Å². The van der Waals surface area contributed by atoms with Crippen LogP contribution in [0.25, 0.3) is 0 Å². The molecule has 1 aliphatic rings. The molecule has 0 unspecified atom stereocenters. The number of rotatable bonds is 9. The number of aromatic nitrogens is 4. The molecule has 1 fully saturated rings. The second-order valence-electron chi connectivity index (χ2n) is 8.82. The second kappa shape index (κ2) is 12.8. The molecule has 4 rings (SSSR count). The molecule has 10 nitrogen and oxygen atoms in total. The minimum absolute atomic E-state index is 0.0252. The van der Waals surface area contributed by atoms with Gasteiger partial charge in [0.25, 0.3) is 0 Å². The van der Waals surface area contributed by atoms with Crippen LogP contribution in [0.4, 0.5) is 42.8 Å². The monoisotopic (exact) mass is 583 g/mol. The summed E-state index contributed by atoms with van der Waals surface area (Å²) in [6, 6.07) is 3.54. The summed E-state index contributed by atoms with van der Waals surface area (Å²) < 4.78 is 84.4. The predicted octanol–water partition coefficient (Wildman–Crippen LogP) is 4.62. The van der Waals surface area contributed by atoms with Gasteiger partial charge in [-0.2, -0.15) is 18.2 Å². The number of likely N-dealkylation sites (tertiary alicyclic amines) is 1. The molecular formula is C25H23F6N7O3. The Morgan fingerprint density at radius 1 is 1.05 bits per heavy atom. The number of nitrogens with one attached hydrogen (secondary N) is 2. The topological polar surface area (TPSA) is 122 Å². The highest BCUT2D eigenvalue weighted by atomic mass is 19.4. The Balaban J connectivity index is 1.47. The van der Waals surface area contributed by atoms with Gasteiger partial charge in [0.1, 0.15) is 24.0 Å². The molecule has 2 aromatic heterocycles. The Morgan fingerprint density at radius 2 is 1.76 bits per heavy atom. The van der Waals surface area contributed by atoms with Crippen LogP contribution in [0, 0.1) is 11.6 Å². The largest absolute Gasteiger partial charge is 0.469 e. The van der Waals surface area contributed by atoms with E-state index in [-0.39, 0.29) is 42.8 Å². The molecule has 0 bridgehead atoms. The van der Waals surface area contributed by atoms with Crippen molar-refractivity contribution in [2.45, 2.75) is 24.9 Å². The lowest BCUT2D eigenvalue weighted by Crippen LogP contribution is -2.41. The van der Waals surface area contributed by atoms with Gasteiger partial charge in [-0.15, -0.1) is 0 Å². The lowest BCUT2D eigenvalue weighted by Gasteiger charge is -2.32.